The van der Waals surface area contributed by atoms with Crippen molar-refractivity contribution in [2.24, 2.45) is 0 Å². The lowest BCUT2D eigenvalue weighted by Gasteiger charge is -2.28. The fraction of sp³-hybridized carbons (Fsp3) is 0.304. The van der Waals surface area contributed by atoms with Crippen molar-refractivity contribution in [1.29, 1.82) is 0 Å². The highest BCUT2D eigenvalue weighted by Gasteiger charge is 2.24. The summed E-state index contributed by atoms with van der Waals surface area (Å²) in [6.45, 7) is 4.72. The van der Waals surface area contributed by atoms with Crippen LogP contribution in [0.2, 0.25) is 0 Å². The van der Waals surface area contributed by atoms with Crippen molar-refractivity contribution in [2.45, 2.75) is 25.8 Å². The van der Waals surface area contributed by atoms with E-state index in [9.17, 15) is 4.79 Å². The second-order valence-electron chi connectivity index (χ2n) is 7.21. The summed E-state index contributed by atoms with van der Waals surface area (Å²) in [7, 11) is 0. The number of hydrogen-bond acceptors (Lipinski definition) is 3. The van der Waals surface area contributed by atoms with Crippen molar-refractivity contribution in [3.8, 4) is 0 Å². The van der Waals surface area contributed by atoms with E-state index in [1.165, 1.54) is 18.4 Å². The minimum absolute atomic E-state index is 0.0307. The van der Waals surface area contributed by atoms with Crippen LogP contribution >= 0.6 is 0 Å². The topological polar surface area (TPSA) is 45.2 Å². The van der Waals surface area contributed by atoms with Crippen LogP contribution < -0.4 is 5.32 Å². The van der Waals surface area contributed by atoms with Gasteiger partial charge in [-0.1, -0.05) is 48.5 Å². The summed E-state index contributed by atoms with van der Waals surface area (Å²) >= 11 is 0. The minimum Gasteiger partial charge on any atom is -0.350 e. The first-order valence-corrected chi connectivity index (χ1v) is 9.66. The van der Waals surface area contributed by atoms with Crippen molar-refractivity contribution >= 4 is 16.8 Å². The second-order valence-corrected chi connectivity index (χ2v) is 7.21. The molecule has 0 radical (unpaired) electrons. The summed E-state index contributed by atoms with van der Waals surface area (Å²) in [5.74, 6) is -0.0307. The zero-order valence-corrected chi connectivity index (χ0v) is 15.7. The molecule has 0 unspecified atom stereocenters. The molecule has 1 atom stereocenters. The van der Waals surface area contributed by atoms with Gasteiger partial charge < -0.3 is 5.32 Å². The molecule has 0 saturated carbocycles. The van der Waals surface area contributed by atoms with E-state index in [4.69, 9.17) is 0 Å². The van der Waals surface area contributed by atoms with Crippen LogP contribution in [0.3, 0.4) is 0 Å². The van der Waals surface area contributed by atoms with E-state index in [2.05, 4.69) is 39.5 Å². The Kier molecular flexibility index (Phi) is 5.16. The predicted octanol–water partition coefficient (Wildman–Crippen LogP) is 4.11. The van der Waals surface area contributed by atoms with Crippen LogP contribution in [0.4, 0.5) is 0 Å². The van der Waals surface area contributed by atoms with E-state index in [0.29, 0.717) is 12.1 Å². The largest absolute Gasteiger partial charge is 0.350 e. The summed E-state index contributed by atoms with van der Waals surface area (Å²) in [5, 5.41) is 4.09. The first-order chi connectivity index (χ1) is 13.2. The molecule has 0 aliphatic carbocycles. The first kappa shape index (κ1) is 17.7. The molecule has 1 aromatic heterocycles. The molecule has 138 valence electrons. The van der Waals surface area contributed by atoms with Gasteiger partial charge in [-0.25, -0.2) is 0 Å². The van der Waals surface area contributed by atoms with Crippen molar-refractivity contribution in [3.05, 3.63) is 77.5 Å². The summed E-state index contributed by atoms with van der Waals surface area (Å²) in [5.41, 5.74) is 3.68. The van der Waals surface area contributed by atoms with Crippen molar-refractivity contribution in [2.75, 3.05) is 19.6 Å². The molecule has 1 amide bonds. The molecule has 27 heavy (non-hydrogen) atoms. The van der Waals surface area contributed by atoms with Crippen LogP contribution in [-0.4, -0.2) is 35.4 Å². The van der Waals surface area contributed by atoms with Gasteiger partial charge in [-0.2, -0.15) is 0 Å². The number of aromatic nitrogens is 1. The van der Waals surface area contributed by atoms with E-state index in [1.54, 1.807) is 0 Å². The number of pyridine rings is 1. The monoisotopic (exact) mass is 359 g/mol. The quantitative estimate of drug-likeness (QED) is 0.746. The Morgan fingerprint density at radius 3 is 2.56 bits per heavy atom. The van der Waals surface area contributed by atoms with E-state index in [1.807, 2.05) is 43.3 Å². The number of aryl methyl sites for hydroxylation is 1. The molecule has 1 N–H and O–H groups in total. The smallest absolute Gasteiger partial charge is 0.252 e. The lowest BCUT2D eigenvalue weighted by Crippen LogP contribution is -2.36. The molecule has 0 spiro atoms. The third-order valence-corrected chi connectivity index (χ3v) is 5.31. The SMILES string of the molecule is Cc1cc(C(=O)NC[C@@H](c2ccccc2)N2CCCC2)c2ccccc2n1. The Bertz CT molecular complexity index is 933. The number of amides is 1. The van der Waals surface area contributed by atoms with Gasteiger partial charge in [0.05, 0.1) is 17.1 Å². The Morgan fingerprint density at radius 1 is 1.07 bits per heavy atom. The highest BCUT2D eigenvalue weighted by Crippen LogP contribution is 2.25. The van der Waals surface area contributed by atoms with Gasteiger partial charge in [0.15, 0.2) is 0 Å². The van der Waals surface area contributed by atoms with Gasteiger partial charge in [0.1, 0.15) is 0 Å². The molecule has 2 aromatic carbocycles. The summed E-state index contributed by atoms with van der Waals surface area (Å²) in [6.07, 6.45) is 2.46. The van der Waals surface area contributed by atoms with Crippen LogP contribution in [0.15, 0.2) is 60.7 Å². The highest BCUT2D eigenvalue weighted by atomic mass is 16.1. The Morgan fingerprint density at radius 2 is 1.78 bits per heavy atom. The number of para-hydroxylation sites is 1. The molecular formula is C23H25N3O. The van der Waals surface area contributed by atoms with E-state index in [0.717, 1.165) is 29.7 Å². The standard InChI is InChI=1S/C23H25N3O/c1-17-15-20(19-11-5-6-12-21(19)25-17)23(27)24-16-22(26-13-7-8-14-26)18-9-3-2-4-10-18/h2-6,9-12,15,22H,7-8,13-14,16H2,1H3,(H,24,27)/t22-/m0/s1. The molecule has 1 aliphatic heterocycles. The Hall–Kier alpha value is -2.72. The molecule has 3 aromatic rings. The third-order valence-electron chi connectivity index (χ3n) is 5.31. The van der Waals surface area contributed by atoms with Crippen LogP contribution in [0.25, 0.3) is 10.9 Å². The van der Waals surface area contributed by atoms with Gasteiger partial charge in [-0.15, -0.1) is 0 Å². The molecular weight excluding hydrogens is 334 g/mol. The minimum atomic E-state index is -0.0307. The Balaban J connectivity index is 1.57. The molecule has 0 bridgehead atoms. The summed E-state index contributed by atoms with van der Waals surface area (Å²) < 4.78 is 0. The van der Waals surface area contributed by atoms with Crippen molar-refractivity contribution in [1.82, 2.24) is 15.2 Å². The maximum absolute atomic E-state index is 13.0. The van der Waals surface area contributed by atoms with Gasteiger partial charge in [-0.05, 0) is 50.6 Å². The summed E-state index contributed by atoms with van der Waals surface area (Å²) in [4.78, 5) is 20.0. The number of carbonyl (C=O) groups excluding carboxylic acids is 1. The van der Waals surface area contributed by atoms with Gasteiger partial charge >= 0.3 is 0 Å². The van der Waals surface area contributed by atoms with Gasteiger partial charge in [0, 0.05) is 17.6 Å². The molecule has 1 saturated heterocycles. The summed E-state index contributed by atoms with van der Waals surface area (Å²) in [6, 6.07) is 20.4. The lowest BCUT2D eigenvalue weighted by atomic mass is 10.0. The average molecular weight is 359 g/mol. The van der Waals surface area contributed by atoms with Crippen LogP contribution in [0.1, 0.15) is 40.5 Å². The maximum atomic E-state index is 13.0. The number of nitrogens with one attached hydrogen (secondary N) is 1. The van der Waals surface area contributed by atoms with E-state index < -0.39 is 0 Å². The van der Waals surface area contributed by atoms with Gasteiger partial charge in [-0.3, -0.25) is 14.7 Å². The molecule has 4 heteroatoms. The predicted molar refractivity (Wildman–Crippen MR) is 109 cm³/mol. The highest BCUT2D eigenvalue weighted by molar-refractivity contribution is 6.06. The zero-order valence-electron chi connectivity index (χ0n) is 15.7. The fourth-order valence-corrected chi connectivity index (χ4v) is 3.97. The maximum Gasteiger partial charge on any atom is 0.252 e. The molecule has 1 fully saturated rings. The van der Waals surface area contributed by atoms with E-state index in [-0.39, 0.29) is 11.9 Å². The number of likely N-dealkylation sites (tertiary alicyclic amines) is 1. The van der Waals surface area contributed by atoms with Crippen LogP contribution in [-0.2, 0) is 0 Å². The molecule has 1 aliphatic rings. The number of nitrogens with zero attached hydrogens (tertiary/aromatic N) is 2. The average Bonchev–Trinajstić information content (AvgIpc) is 3.22. The normalized spacial score (nSPS) is 15.7. The number of carbonyl (C=O) groups is 1. The lowest BCUT2D eigenvalue weighted by molar-refractivity contribution is 0.0939. The molecule has 4 nitrogen and oxygen atoms in total. The van der Waals surface area contributed by atoms with Gasteiger partial charge in [0.2, 0.25) is 0 Å². The number of hydrogen-bond donors (Lipinski definition) is 1. The van der Waals surface area contributed by atoms with Crippen LogP contribution in [0, 0.1) is 6.92 Å². The number of benzene rings is 2. The fourth-order valence-electron chi connectivity index (χ4n) is 3.97. The second kappa shape index (κ2) is 7.89. The first-order valence-electron chi connectivity index (χ1n) is 9.66. The van der Waals surface area contributed by atoms with E-state index >= 15 is 0 Å². The Labute approximate surface area is 160 Å². The molecule has 4 rings (SSSR count). The van der Waals surface area contributed by atoms with Crippen molar-refractivity contribution in [3.63, 3.8) is 0 Å². The third kappa shape index (κ3) is 3.86. The van der Waals surface area contributed by atoms with Crippen molar-refractivity contribution < 1.29 is 4.79 Å². The number of fused-ring (bicyclic) bond motifs is 1. The molecule has 2 heterocycles. The van der Waals surface area contributed by atoms with Gasteiger partial charge in [0.25, 0.3) is 5.91 Å². The van der Waals surface area contributed by atoms with Crippen LogP contribution in [0.5, 0.6) is 0 Å². The number of rotatable bonds is 5. The zero-order chi connectivity index (χ0) is 18.6.